The van der Waals surface area contributed by atoms with Gasteiger partial charge in [-0.05, 0) is 37.2 Å². The number of nitrogens with two attached hydrogens (primary N) is 1. The van der Waals surface area contributed by atoms with Crippen molar-refractivity contribution in [2.24, 2.45) is 17.6 Å². The second-order valence-electron chi connectivity index (χ2n) is 6.95. The van der Waals surface area contributed by atoms with E-state index in [1.54, 1.807) is 0 Å². The largest absolute Gasteiger partial charge is 0.341 e. The van der Waals surface area contributed by atoms with Gasteiger partial charge in [0.25, 0.3) is 0 Å². The molecule has 2 N–H and O–H groups in total. The Labute approximate surface area is 128 Å². The summed E-state index contributed by atoms with van der Waals surface area (Å²) in [5.74, 6) is 1.15. The number of carbonyl (C=O) groups excluding carboxylic acids is 1. The number of nitrogens with zero attached hydrogens (tertiary/aromatic N) is 1. The molecule has 21 heavy (non-hydrogen) atoms. The van der Waals surface area contributed by atoms with Crippen LogP contribution in [0.3, 0.4) is 0 Å². The molecule has 1 fully saturated rings. The Morgan fingerprint density at radius 2 is 1.95 bits per heavy atom. The zero-order chi connectivity index (χ0) is 15.4. The second kappa shape index (κ2) is 7.08. The van der Waals surface area contributed by atoms with Gasteiger partial charge in [0, 0.05) is 25.6 Å². The summed E-state index contributed by atoms with van der Waals surface area (Å²) in [6.07, 6.45) is 2.66. The van der Waals surface area contributed by atoms with Crippen molar-refractivity contribution in [3.8, 4) is 0 Å². The molecule has 2 atom stereocenters. The molecule has 0 aromatic heterocycles. The molecule has 1 aromatic rings. The first-order valence-electron chi connectivity index (χ1n) is 8.03. The summed E-state index contributed by atoms with van der Waals surface area (Å²) < 4.78 is 0. The number of amides is 1. The minimum atomic E-state index is 0.116. The molecule has 1 aliphatic heterocycles. The maximum atomic E-state index is 12.3. The molecular formula is C18H28N2O. The maximum Gasteiger partial charge on any atom is 0.222 e. The van der Waals surface area contributed by atoms with Gasteiger partial charge >= 0.3 is 0 Å². The number of likely N-dealkylation sites (tertiary alicyclic amines) is 1. The molecule has 2 unspecified atom stereocenters. The number of hydrogen-bond acceptors (Lipinski definition) is 2. The van der Waals surface area contributed by atoms with Crippen molar-refractivity contribution in [1.29, 1.82) is 0 Å². The van der Waals surface area contributed by atoms with Crippen molar-refractivity contribution >= 4 is 5.91 Å². The standard InChI is InChI=1S/C18H28N2O/c1-13(2)8-18(21)20-11-16(10-17(19)12-20)9-15-6-4-14(3)5-7-15/h4-7,13,16-17H,8-12,19H2,1-3H3. The molecule has 0 aliphatic carbocycles. The highest BCUT2D eigenvalue weighted by molar-refractivity contribution is 5.76. The SMILES string of the molecule is Cc1ccc(CC2CC(N)CN(C(=O)CC(C)C)C2)cc1. The highest BCUT2D eigenvalue weighted by Gasteiger charge is 2.28. The van der Waals surface area contributed by atoms with Crippen molar-refractivity contribution in [2.45, 2.75) is 46.1 Å². The highest BCUT2D eigenvalue weighted by atomic mass is 16.2. The van der Waals surface area contributed by atoms with Gasteiger partial charge in [0.05, 0.1) is 0 Å². The van der Waals surface area contributed by atoms with Crippen molar-refractivity contribution < 1.29 is 4.79 Å². The minimum Gasteiger partial charge on any atom is -0.341 e. The van der Waals surface area contributed by atoms with Crippen molar-refractivity contribution in [1.82, 2.24) is 4.90 Å². The molecule has 3 nitrogen and oxygen atoms in total. The van der Waals surface area contributed by atoms with Gasteiger partial charge in [-0.15, -0.1) is 0 Å². The molecule has 1 aliphatic rings. The Balaban J connectivity index is 1.97. The van der Waals surface area contributed by atoms with E-state index in [2.05, 4.69) is 45.0 Å². The van der Waals surface area contributed by atoms with E-state index < -0.39 is 0 Å². The van der Waals surface area contributed by atoms with Crippen molar-refractivity contribution in [3.63, 3.8) is 0 Å². The summed E-state index contributed by atoms with van der Waals surface area (Å²) in [5, 5.41) is 0. The van der Waals surface area contributed by atoms with Gasteiger partial charge in [0.15, 0.2) is 0 Å². The van der Waals surface area contributed by atoms with E-state index >= 15 is 0 Å². The van der Waals surface area contributed by atoms with E-state index in [9.17, 15) is 4.79 Å². The van der Waals surface area contributed by atoms with E-state index in [-0.39, 0.29) is 11.9 Å². The van der Waals surface area contributed by atoms with Crippen LogP contribution in [0.1, 0.15) is 37.8 Å². The van der Waals surface area contributed by atoms with E-state index in [1.165, 1.54) is 11.1 Å². The number of rotatable bonds is 4. The van der Waals surface area contributed by atoms with Gasteiger partial charge in [-0.25, -0.2) is 0 Å². The number of carbonyl (C=O) groups is 1. The lowest BCUT2D eigenvalue weighted by atomic mass is 9.88. The molecule has 3 heteroatoms. The van der Waals surface area contributed by atoms with Gasteiger partial charge in [-0.1, -0.05) is 43.7 Å². The molecule has 1 amide bonds. The van der Waals surface area contributed by atoms with Crippen LogP contribution in [0.15, 0.2) is 24.3 Å². The Morgan fingerprint density at radius 3 is 2.57 bits per heavy atom. The summed E-state index contributed by atoms with van der Waals surface area (Å²) in [6, 6.07) is 8.80. The minimum absolute atomic E-state index is 0.116. The fourth-order valence-electron chi connectivity index (χ4n) is 3.13. The molecule has 0 saturated carbocycles. The molecular weight excluding hydrogens is 260 g/mol. The van der Waals surface area contributed by atoms with E-state index in [4.69, 9.17) is 5.73 Å². The fourth-order valence-corrected chi connectivity index (χ4v) is 3.13. The average Bonchev–Trinajstić information content (AvgIpc) is 2.40. The lowest BCUT2D eigenvalue weighted by Gasteiger charge is -2.37. The summed E-state index contributed by atoms with van der Waals surface area (Å²) in [5.41, 5.74) is 8.80. The van der Waals surface area contributed by atoms with Crippen LogP contribution in [0.25, 0.3) is 0 Å². The van der Waals surface area contributed by atoms with Gasteiger partial charge in [-0.3, -0.25) is 4.79 Å². The maximum absolute atomic E-state index is 12.3. The Bertz CT molecular complexity index is 467. The normalized spacial score (nSPS) is 22.6. The quantitative estimate of drug-likeness (QED) is 0.926. The van der Waals surface area contributed by atoms with Gasteiger partial charge < -0.3 is 10.6 Å². The number of hydrogen-bond donors (Lipinski definition) is 1. The third kappa shape index (κ3) is 4.85. The van der Waals surface area contributed by atoms with Crippen LogP contribution in [-0.4, -0.2) is 29.9 Å². The van der Waals surface area contributed by atoms with E-state index in [0.29, 0.717) is 18.3 Å². The molecule has 0 spiro atoms. The number of benzene rings is 1. The molecule has 2 rings (SSSR count). The van der Waals surface area contributed by atoms with Crippen LogP contribution >= 0.6 is 0 Å². The van der Waals surface area contributed by atoms with E-state index in [0.717, 1.165) is 25.9 Å². The Kier molecular flexibility index (Phi) is 5.40. The second-order valence-corrected chi connectivity index (χ2v) is 6.95. The summed E-state index contributed by atoms with van der Waals surface area (Å²) >= 11 is 0. The van der Waals surface area contributed by atoms with Gasteiger partial charge in [0.1, 0.15) is 0 Å². The van der Waals surface area contributed by atoms with Gasteiger partial charge in [0.2, 0.25) is 5.91 Å². The van der Waals surface area contributed by atoms with Crippen molar-refractivity contribution in [2.75, 3.05) is 13.1 Å². The third-order valence-electron chi connectivity index (χ3n) is 4.15. The lowest BCUT2D eigenvalue weighted by Crippen LogP contribution is -2.50. The molecule has 1 saturated heterocycles. The molecule has 0 radical (unpaired) electrons. The summed E-state index contributed by atoms with van der Waals surface area (Å²) in [4.78, 5) is 14.2. The van der Waals surface area contributed by atoms with Crippen LogP contribution in [0.2, 0.25) is 0 Å². The van der Waals surface area contributed by atoms with Crippen LogP contribution in [0.4, 0.5) is 0 Å². The predicted octanol–water partition coefficient (Wildman–Crippen LogP) is 2.76. The average molecular weight is 288 g/mol. The highest BCUT2D eigenvalue weighted by Crippen LogP contribution is 2.22. The summed E-state index contributed by atoms with van der Waals surface area (Å²) in [7, 11) is 0. The molecule has 116 valence electrons. The number of aryl methyl sites for hydroxylation is 1. The first kappa shape index (κ1) is 16.0. The fraction of sp³-hybridized carbons (Fsp3) is 0.611. The first-order valence-corrected chi connectivity index (χ1v) is 8.03. The monoisotopic (exact) mass is 288 g/mol. The van der Waals surface area contributed by atoms with Crippen LogP contribution in [-0.2, 0) is 11.2 Å². The first-order chi connectivity index (χ1) is 9.94. The van der Waals surface area contributed by atoms with Crippen LogP contribution in [0.5, 0.6) is 0 Å². The topological polar surface area (TPSA) is 46.3 Å². The van der Waals surface area contributed by atoms with Gasteiger partial charge in [-0.2, -0.15) is 0 Å². The number of piperidine rings is 1. The zero-order valence-electron chi connectivity index (χ0n) is 13.5. The smallest absolute Gasteiger partial charge is 0.222 e. The lowest BCUT2D eigenvalue weighted by molar-refractivity contribution is -0.134. The molecule has 1 aromatic carbocycles. The summed E-state index contributed by atoms with van der Waals surface area (Å²) in [6.45, 7) is 7.85. The third-order valence-corrected chi connectivity index (χ3v) is 4.15. The molecule has 0 bridgehead atoms. The molecule has 1 heterocycles. The van der Waals surface area contributed by atoms with Crippen LogP contribution < -0.4 is 5.73 Å². The zero-order valence-corrected chi connectivity index (χ0v) is 13.5. The predicted molar refractivity (Wildman–Crippen MR) is 87.0 cm³/mol. The Hall–Kier alpha value is -1.35. The van der Waals surface area contributed by atoms with Crippen molar-refractivity contribution in [3.05, 3.63) is 35.4 Å². The van der Waals surface area contributed by atoms with Crippen LogP contribution in [0, 0.1) is 18.8 Å². The van der Waals surface area contributed by atoms with E-state index in [1.807, 2.05) is 4.90 Å². The Morgan fingerprint density at radius 1 is 1.29 bits per heavy atom.